The van der Waals surface area contributed by atoms with Crippen LogP contribution in [0.25, 0.3) is 0 Å². The van der Waals surface area contributed by atoms with Crippen molar-refractivity contribution < 1.29 is 5.11 Å². The molecule has 0 spiro atoms. The van der Waals surface area contributed by atoms with Crippen molar-refractivity contribution in [2.24, 2.45) is 40.4 Å². The van der Waals surface area contributed by atoms with Gasteiger partial charge in [0.15, 0.2) is 0 Å². The molecule has 7 atom stereocenters. The first-order valence-electron chi connectivity index (χ1n) is 12.9. The summed E-state index contributed by atoms with van der Waals surface area (Å²) in [6.45, 7) is 12.6. The molecule has 0 radical (unpaired) electrons. The first-order valence-corrected chi connectivity index (χ1v) is 12.9. The zero-order valence-electron chi connectivity index (χ0n) is 19.9. The standard InChI is InChI=1S/C28H46O/c1-19(21(3)18-29)9-10-20(2)24-13-14-25-23-12-11-22-8-6-7-16-27(22,4)26(23)15-17-28(24,25)5/h14,19-22,24,29H,6-13,15-18H2,1-5H3/t19-,20-,21?,22?,24-,27+,28-/m1/s1. The van der Waals surface area contributed by atoms with Gasteiger partial charge in [-0.05, 0) is 96.5 Å². The Morgan fingerprint density at radius 2 is 1.76 bits per heavy atom. The summed E-state index contributed by atoms with van der Waals surface area (Å²) in [5, 5.41) is 9.48. The van der Waals surface area contributed by atoms with Gasteiger partial charge >= 0.3 is 0 Å². The van der Waals surface area contributed by atoms with E-state index in [1.54, 1.807) is 5.57 Å². The molecule has 4 aliphatic carbocycles. The van der Waals surface area contributed by atoms with Crippen molar-refractivity contribution in [1.82, 2.24) is 0 Å². The van der Waals surface area contributed by atoms with E-state index < -0.39 is 0 Å². The second-order valence-corrected chi connectivity index (χ2v) is 11.9. The van der Waals surface area contributed by atoms with Crippen LogP contribution < -0.4 is 0 Å². The van der Waals surface area contributed by atoms with Crippen molar-refractivity contribution >= 4 is 0 Å². The van der Waals surface area contributed by atoms with Gasteiger partial charge in [0, 0.05) is 6.61 Å². The summed E-state index contributed by atoms with van der Waals surface area (Å²) >= 11 is 0. The maximum Gasteiger partial charge on any atom is 0.0459 e. The largest absolute Gasteiger partial charge is 0.396 e. The fourth-order valence-corrected chi connectivity index (χ4v) is 7.98. The average molecular weight is 399 g/mol. The summed E-state index contributed by atoms with van der Waals surface area (Å²) in [6, 6.07) is 0. The molecule has 164 valence electrons. The van der Waals surface area contributed by atoms with E-state index in [2.05, 4.69) is 40.7 Å². The van der Waals surface area contributed by atoms with E-state index in [1.807, 2.05) is 11.1 Å². The molecule has 0 aromatic carbocycles. The Kier molecular flexibility index (Phi) is 6.11. The summed E-state index contributed by atoms with van der Waals surface area (Å²) in [4.78, 5) is 0. The van der Waals surface area contributed by atoms with Gasteiger partial charge in [-0.2, -0.15) is 0 Å². The smallest absolute Gasteiger partial charge is 0.0459 e. The van der Waals surface area contributed by atoms with Crippen molar-refractivity contribution in [3.63, 3.8) is 0 Å². The van der Waals surface area contributed by atoms with Gasteiger partial charge in [0.2, 0.25) is 0 Å². The zero-order chi connectivity index (χ0) is 20.8. The van der Waals surface area contributed by atoms with Crippen molar-refractivity contribution in [2.45, 2.75) is 105 Å². The zero-order valence-corrected chi connectivity index (χ0v) is 19.9. The summed E-state index contributed by atoms with van der Waals surface area (Å²) in [7, 11) is 0. The van der Waals surface area contributed by atoms with E-state index in [0.29, 0.717) is 29.3 Å². The van der Waals surface area contributed by atoms with Gasteiger partial charge in [-0.25, -0.2) is 0 Å². The van der Waals surface area contributed by atoms with Crippen LogP contribution in [0.3, 0.4) is 0 Å². The SMILES string of the molecule is CC(CO)[C@H](C)CC[C@@H](C)[C@H]1CC=C2C3=C(CC[C@@]21C)[C@@]1(C)CCCCC1CC3. The van der Waals surface area contributed by atoms with Gasteiger partial charge in [-0.1, -0.05) is 72.0 Å². The molecule has 0 aliphatic heterocycles. The Morgan fingerprint density at radius 1 is 0.966 bits per heavy atom. The summed E-state index contributed by atoms with van der Waals surface area (Å²) in [6.07, 6.45) is 18.0. The van der Waals surface area contributed by atoms with Gasteiger partial charge in [0.1, 0.15) is 0 Å². The normalized spacial score (nSPS) is 39.9. The van der Waals surface area contributed by atoms with Crippen LogP contribution in [0.5, 0.6) is 0 Å². The fourth-order valence-electron chi connectivity index (χ4n) is 7.98. The highest BCUT2D eigenvalue weighted by molar-refractivity contribution is 5.49. The minimum atomic E-state index is 0.332. The lowest BCUT2D eigenvalue weighted by Gasteiger charge is -2.53. The maximum atomic E-state index is 9.48. The molecule has 1 fully saturated rings. The molecule has 0 aromatic rings. The van der Waals surface area contributed by atoms with E-state index in [4.69, 9.17) is 0 Å². The van der Waals surface area contributed by atoms with Crippen LogP contribution in [0.2, 0.25) is 0 Å². The predicted molar refractivity (Wildman–Crippen MR) is 124 cm³/mol. The topological polar surface area (TPSA) is 20.2 Å². The summed E-state index contributed by atoms with van der Waals surface area (Å²) in [5.41, 5.74) is 6.46. The number of rotatable bonds is 6. The third kappa shape index (κ3) is 3.58. The van der Waals surface area contributed by atoms with E-state index in [0.717, 1.165) is 17.8 Å². The van der Waals surface area contributed by atoms with Crippen molar-refractivity contribution in [1.29, 1.82) is 0 Å². The lowest BCUT2D eigenvalue weighted by Crippen LogP contribution is -2.41. The summed E-state index contributed by atoms with van der Waals surface area (Å²) < 4.78 is 0. The number of allylic oxidation sites excluding steroid dienone is 4. The third-order valence-corrected chi connectivity index (χ3v) is 10.4. The molecule has 0 bridgehead atoms. The Labute approximate surface area is 180 Å². The van der Waals surface area contributed by atoms with Crippen LogP contribution in [0.15, 0.2) is 22.8 Å². The quantitative estimate of drug-likeness (QED) is 0.486. The third-order valence-electron chi connectivity index (χ3n) is 10.4. The molecule has 0 saturated heterocycles. The molecule has 0 amide bonds. The molecular weight excluding hydrogens is 352 g/mol. The highest BCUT2D eigenvalue weighted by Gasteiger charge is 2.52. The number of aliphatic hydroxyl groups is 1. The molecule has 4 aliphatic rings. The van der Waals surface area contributed by atoms with E-state index in [9.17, 15) is 5.11 Å². The van der Waals surface area contributed by atoms with Crippen LogP contribution in [0, 0.1) is 40.4 Å². The second-order valence-electron chi connectivity index (χ2n) is 11.9. The van der Waals surface area contributed by atoms with Gasteiger partial charge in [0.05, 0.1) is 0 Å². The first kappa shape index (κ1) is 21.7. The van der Waals surface area contributed by atoms with E-state index in [1.165, 1.54) is 70.6 Å². The minimum absolute atomic E-state index is 0.332. The molecule has 1 saturated carbocycles. The predicted octanol–water partition coefficient (Wildman–Crippen LogP) is 7.70. The molecule has 2 unspecified atom stereocenters. The molecule has 4 rings (SSSR count). The van der Waals surface area contributed by atoms with Gasteiger partial charge in [-0.3, -0.25) is 0 Å². The Morgan fingerprint density at radius 3 is 2.52 bits per heavy atom. The Bertz CT molecular complexity index is 672. The molecule has 1 nitrogen and oxygen atoms in total. The molecule has 0 aromatic heterocycles. The Hall–Kier alpha value is -0.560. The lowest BCUT2D eigenvalue weighted by molar-refractivity contribution is 0.105. The van der Waals surface area contributed by atoms with E-state index in [-0.39, 0.29) is 0 Å². The number of hydrogen-bond donors (Lipinski definition) is 1. The van der Waals surface area contributed by atoms with Crippen LogP contribution in [-0.2, 0) is 0 Å². The van der Waals surface area contributed by atoms with Gasteiger partial charge in [-0.15, -0.1) is 0 Å². The second kappa shape index (κ2) is 8.18. The highest BCUT2D eigenvalue weighted by atomic mass is 16.3. The number of hydrogen-bond acceptors (Lipinski definition) is 1. The van der Waals surface area contributed by atoms with Crippen LogP contribution >= 0.6 is 0 Å². The van der Waals surface area contributed by atoms with Gasteiger partial charge < -0.3 is 5.11 Å². The first-order chi connectivity index (χ1) is 13.8. The van der Waals surface area contributed by atoms with Crippen molar-refractivity contribution in [3.8, 4) is 0 Å². The minimum Gasteiger partial charge on any atom is -0.396 e. The van der Waals surface area contributed by atoms with Crippen molar-refractivity contribution in [3.05, 3.63) is 22.8 Å². The molecular formula is C28H46O. The molecule has 1 N–H and O–H groups in total. The van der Waals surface area contributed by atoms with Crippen LogP contribution in [-0.4, -0.2) is 11.7 Å². The van der Waals surface area contributed by atoms with Gasteiger partial charge in [0.25, 0.3) is 0 Å². The summed E-state index contributed by atoms with van der Waals surface area (Å²) in [5.74, 6) is 3.63. The fraction of sp³-hybridized carbons (Fsp3) is 0.857. The highest BCUT2D eigenvalue weighted by Crippen LogP contribution is 2.64. The number of aliphatic hydroxyl groups excluding tert-OH is 1. The molecule has 0 heterocycles. The number of fused-ring (bicyclic) bond motifs is 4. The van der Waals surface area contributed by atoms with Crippen molar-refractivity contribution in [2.75, 3.05) is 6.61 Å². The lowest BCUT2D eigenvalue weighted by atomic mass is 9.52. The molecule has 1 heteroatoms. The maximum absolute atomic E-state index is 9.48. The van der Waals surface area contributed by atoms with Crippen LogP contribution in [0.1, 0.15) is 105 Å². The van der Waals surface area contributed by atoms with Crippen LogP contribution in [0.4, 0.5) is 0 Å². The Balaban J connectivity index is 1.50. The van der Waals surface area contributed by atoms with E-state index >= 15 is 0 Å². The molecule has 29 heavy (non-hydrogen) atoms. The average Bonchev–Trinajstić information content (AvgIpc) is 3.08. The monoisotopic (exact) mass is 398 g/mol.